The number of carbonyl (C=O) groups is 1. The number of carbonyl (C=O) groups excluding carboxylic acids is 1. The number of nitrogens with zero attached hydrogens (tertiary/aromatic N) is 4. The summed E-state index contributed by atoms with van der Waals surface area (Å²) in [6, 6.07) is 11.3. The van der Waals surface area contributed by atoms with Crippen LogP contribution in [0.3, 0.4) is 0 Å². The number of fused-ring (bicyclic) bond motifs is 3. The smallest absolute Gasteiger partial charge is 0.315 e. The topological polar surface area (TPSA) is 97.7 Å². The van der Waals surface area contributed by atoms with E-state index < -0.39 is 0 Å². The van der Waals surface area contributed by atoms with Gasteiger partial charge in [-0.3, -0.25) is 0 Å². The number of primary amides is 1. The Hall–Kier alpha value is -3.59. The Morgan fingerprint density at radius 3 is 3.06 bits per heavy atom. The lowest BCUT2D eigenvalue weighted by Gasteiger charge is -2.18. The van der Waals surface area contributed by atoms with Gasteiger partial charge in [0.1, 0.15) is 17.1 Å². The molecule has 5 heterocycles. The zero-order valence-electron chi connectivity index (χ0n) is 16.5. The van der Waals surface area contributed by atoms with Gasteiger partial charge >= 0.3 is 6.03 Å². The number of urea groups is 1. The van der Waals surface area contributed by atoms with Gasteiger partial charge in [-0.25, -0.2) is 9.78 Å². The Balaban J connectivity index is 1.17. The molecule has 1 saturated heterocycles. The minimum atomic E-state index is -0.348. The molecule has 2 amide bonds. The first kappa shape index (κ1) is 18.2. The van der Waals surface area contributed by atoms with Crippen LogP contribution in [0.25, 0.3) is 21.3 Å². The van der Waals surface area contributed by atoms with Gasteiger partial charge in [-0.05, 0) is 42.0 Å². The van der Waals surface area contributed by atoms with Crippen molar-refractivity contribution in [1.29, 1.82) is 0 Å². The lowest BCUT2D eigenvalue weighted by Crippen LogP contribution is -2.35. The van der Waals surface area contributed by atoms with Crippen LogP contribution in [-0.4, -0.2) is 45.4 Å². The second-order valence-corrected chi connectivity index (χ2v) is 8.86. The summed E-state index contributed by atoms with van der Waals surface area (Å²) in [4.78, 5) is 24.0. The molecule has 156 valence electrons. The second-order valence-electron chi connectivity index (χ2n) is 7.87. The van der Waals surface area contributed by atoms with Gasteiger partial charge in [0, 0.05) is 43.3 Å². The van der Waals surface area contributed by atoms with Gasteiger partial charge in [0.25, 0.3) is 5.19 Å². The summed E-state index contributed by atoms with van der Waals surface area (Å²) >= 11 is 1.47. The summed E-state index contributed by atoms with van der Waals surface area (Å²) in [6.45, 7) is 2.87. The zero-order chi connectivity index (χ0) is 20.9. The molecule has 2 N–H and O–H groups in total. The maximum Gasteiger partial charge on any atom is 0.315 e. The molecule has 9 heteroatoms. The SMILES string of the molecule is NC(=O)N1CC2=CN(Cc3cc4cc(Oc5nc6ncccc6s5)ccc4o3)CC2C1. The van der Waals surface area contributed by atoms with Crippen molar-refractivity contribution < 1.29 is 13.9 Å². The normalized spacial score (nSPS) is 18.1. The number of hydrogen-bond acceptors (Lipinski definition) is 7. The number of nitrogens with two attached hydrogens (primary N) is 1. The fourth-order valence-electron chi connectivity index (χ4n) is 4.28. The van der Waals surface area contributed by atoms with E-state index in [-0.39, 0.29) is 6.03 Å². The Morgan fingerprint density at radius 2 is 2.23 bits per heavy atom. The number of benzene rings is 1. The first-order valence-corrected chi connectivity index (χ1v) is 10.8. The van der Waals surface area contributed by atoms with Crippen molar-refractivity contribution in [1.82, 2.24) is 19.8 Å². The van der Waals surface area contributed by atoms with Gasteiger partial charge in [-0.1, -0.05) is 11.3 Å². The van der Waals surface area contributed by atoms with Crippen molar-refractivity contribution in [3.8, 4) is 10.9 Å². The number of aromatic nitrogens is 2. The molecular formula is C22H19N5O3S. The molecule has 31 heavy (non-hydrogen) atoms. The fourth-order valence-corrected chi connectivity index (χ4v) is 5.07. The van der Waals surface area contributed by atoms with Crippen LogP contribution < -0.4 is 10.5 Å². The minimum Gasteiger partial charge on any atom is -0.459 e. The summed E-state index contributed by atoms with van der Waals surface area (Å²) in [5.41, 5.74) is 8.17. The highest BCUT2D eigenvalue weighted by Crippen LogP contribution is 2.34. The number of furan rings is 1. The third-order valence-corrected chi connectivity index (χ3v) is 6.59. The molecule has 0 aliphatic carbocycles. The Morgan fingerprint density at radius 1 is 1.29 bits per heavy atom. The maximum absolute atomic E-state index is 11.4. The summed E-state index contributed by atoms with van der Waals surface area (Å²) in [7, 11) is 0. The van der Waals surface area contributed by atoms with Crippen molar-refractivity contribution in [2.45, 2.75) is 6.54 Å². The number of amides is 2. The quantitative estimate of drug-likeness (QED) is 0.524. The van der Waals surface area contributed by atoms with Gasteiger partial charge in [-0.2, -0.15) is 4.98 Å². The molecule has 2 aliphatic heterocycles. The van der Waals surface area contributed by atoms with Crippen LogP contribution in [-0.2, 0) is 6.54 Å². The molecule has 1 atom stereocenters. The summed E-state index contributed by atoms with van der Waals surface area (Å²) < 4.78 is 13.0. The van der Waals surface area contributed by atoms with E-state index in [4.69, 9.17) is 14.9 Å². The van der Waals surface area contributed by atoms with E-state index in [0.717, 1.165) is 28.0 Å². The van der Waals surface area contributed by atoms with Gasteiger partial charge in [-0.15, -0.1) is 0 Å². The monoisotopic (exact) mass is 433 g/mol. The van der Waals surface area contributed by atoms with Gasteiger partial charge in [0.2, 0.25) is 0 Å². The van der Waals surface area contributed by atoms with Gasteiger partial charge in [0.15, 0.2) is 5.65 Å². The molecule has 8 nitrogen and oxygen atoms in total. The third kappa shape index (κ3) is 3.36. The van der Waals surface area contributed by atoms with Crippen LogP contribution in [0.15, 0.2) is 58.8 Å². The molecular weight excluding hydrogens is 414 g/mol. The van der Waals surface area contributed by atoms with Crippen molar-refractivity contribution in [2.24, 2.45) is 11.7 Å². The predicted octanol–water partition coefficient (Wildman–Crippen LogP) is 3.94. The predicted molar refractivity (Wildman–Crippen MR) is 117 cm³/mol. The fraction of sp³-hybridized carbons (Fsp3) is 0.227. The Kier molecular flexibility index (Phi) is 4.10. The first-order chi connectivity index (χ1) is 15.1. The summed E-state index contributed by atoms with van der Waals surface area (Å²) in [5, 5.41) is 1.55. The first-order valence-electron chi connectivity index (χ1n) is 10.0. The van der Waals surface area contributed by atoms with E-state index in [1.807, 2.05) is 36.4 Å². The zero-order valence-corrected chi connectivity index (χ0v) is 17.3. The second kappa shape index (κ2) is 6.98. The highest BCUT2D eigenvalue weighted by Gasteiger charge is 2.34. The molecule has 2 aliphatic rings. The van der Waals surface area contributed by atoms with Crippen LogP contribution >= 0.6 is 11.3 Å². The third-order valence-electron chi connectivity index (χ3n) is 5.70. The van der Waals surface area contributed by atoms with Crippen LogP contribution in [0.2, 0.25) is 0 Å². The van der Waals surface area contributed by atoms with E-state index in [9.17, 15) is 4.79 Å². The van der Waals surface area contributed by atoms with E-state index in [0.29, 0.717) is 42.1 Å². The van der Waals surface area contributed by atoms with Crippen molar-refractivity contribution in [2.75, 3.05) is 19.6 Å². The molecule has 3 aromatic heterocycles. The molecule has 4 aromatic rings. The minimum absolute atomic E-state index is 0.348. The van der Waals surface area contributed by atoms with Crippen LogP contribution in [0, 0.1) is 5.92 Å². The number of pyridine rings is 1. The Bertz CT molecular complexity index is 1310. The number of ether oxygens (including phenoxy) is 1. The van der Waals surface area contributed by atoms with E-state index >= 15 is 0 Å². The largest absolute Gasteiger partial charge is 0.459 e. The number of hydrogen-bond donors (Lipinski definition) is 1. The number of rotatable bonds is 4. The van der Waals surface area contributed by atoms with E-state index in [1.165, 1.54) is 16.9 Å². The van der Waals surface area contributed by atoms with Gasteiger partial charge in [0.05, 0.1) is 11.2 Å². The number of likely N-dealkylation sites (tertiary alicyclic amines) is 1. The molecule has 1 unspecified atom stereocenters. The standard InChI is InChI=1S/C22H19N5O3S/c23-21(28)27-10-14-8-26(9-15(14)11-27)12-17-7-13-6-16(3-4-18(13)29-17)30-22-25-20-19(31-22)2-1-5-24-20/h1-8,15H,9-12H2,(H2,23,28). The lowest BCUT2D eigenvalue weighted by molar-refractivity contribution is 0.213. The van der Waals surface area contributed by atoms with Crippen LogP contribution in [0.4, 0.5) is 4.79 Å². The number of thiazole rings is 1. The summed E-state index contributed by atoms with van der Waals surface area (Å²) in [5.74, 6) is 1.96. The molecule has 0 saturated carbocycles. The summed E-state index contributed by atoms with van der Waals surface area (Å²) in [6.07, 6.45) is 3.86. The molecule has 6 rings (SSSR count). The van der Waals surface area contributed by atoms with E-state index in [1.54, 1.807) is 11.1 Å². The highest BCUT2D eigenvalue weighted by molar-refractivity contribution is 7.20. The molecule has 1 aromatic carbocycles. The van der Waals surface area contributed by atoms with Crippen molar-refractivity contribution in [3.05, 3.63) is 60.1 Å². The average molecular weight is 433 g/mol. The van der Waals surface area contributed by atoms with Crippen LogP contribution in [0.1, 0.15) is 5.76 Å². The Labute approximate surface area is 181 Å². The maximum atomic E-state index is 11.4. The highest BCUT2D eigenvalue weighted by atomic mass is 32.1. The molecule has 0 radical (unpaired) electrons. The lowest BCUT2D eigenvalue weighted by atomic mass is 10.1. The van der Waals surface area contributed by atoms with Gasteiger partial charge < -0.3 is 24.7 Å². The van der Waals surface area contributed by atoms with Crippen molar-refractivity contribution in [3.63, 3.8) is 0 Å². The molecule has 1 fully saturated rings. The molecule has 0 spiro atoms. The average Bonchev–Trinajstić information content (AvgIpc) is 3.48. The van der Waals surface area contributed by atoms with Crippen molar-refractivity contribution >= 4 is 38.7 Å². The molecule has 0 bridgehead atoms. The van der Waals surface area contributed by atoms with E-state index in [2.05, 4.69) is 21.1 Å². The van der Waals surface area contributed by atoms with Crippen LogP contribution in [0.5, 0.6) is 10.9 Å².